The zero-order valence-corrected chi connectivity index (χ0v) is 17.9. The van der Waals surface area contributed by atoms with Gasteiger partial charge in [0, 0.05) is 16.8 Å². The maximum Gasteiger partial charge on any atom is 0.573 e. The summed E-state index contributed by atoms with van der Waals surface area (Å²) in [5, 5.41) is 11.1. The summed E-state index contributed by atoms with van der Waals surface area (Å²) in [5.41, 5.74) is 2.20. The molecule has 0 atom stereocenters. The molecular weight excluding hydrogens is 459 g/mol. The molecule has 0 spiro atoms. The summed E-state index contributed by atoms with van der Waals surface area (Å²) in [4.78, 5) is 17.4. The molecule has 170 valence electrons. The molecule has 6 nitrogen and oxygen atoms in total. The van der Waals surface area contributed by atoms with Crippen molar-refractivity contribution in [2.45, 2.75) is 19.8 Å². The number of hydrogen-bond donors (Lipinski definition) is 1. The molecular formula is C23H17ClF3N3O3. The summed E-state index contributed by atoms with van der Waals surface area (Å²) >= 11 is 6.06. The standard InChI is InChI=1S/C23H17ClF3N3O3/c1-14-21(31)30(18-5-7-19(8-6-18)33-23(25,26)27)22(32)29(14)13-15-9-10-28-20(11-15)16-3-2-4-17(24)12-16/h2-12,31H,13H2,1H3. The number of nitrogens with zero attached hydrogens (tertiary/aromatic N) is 3. The van der Waals surface area contributed by atoms with Gasteiger partial charge in [0.1, 0.15) is 5.75 Å². The maximum absolute atomic E-state index is 13.1. The molecule has 33 heavy (non-hydrogen) atoms. The molecule has 0 saturated carbocycles. The molecule has 0 bridgehead atoms. The molecule has 4 aromatic rings. The summed E-state index contributed by atoms with van der Waals surface area (Å²) in [6, 6.07) is 15.4. The highest BCUT2D eigenvalue weighted by Gasteiger charge is 2.31. The van der Waals surface area contributed by atoms with Gasteiger partial charge in [0.15, 0.2) is 0 Å². The first kappa shape index (κ1) is 22.5. The SMILES string of the molecule is Cc1c(O)n(-c2ccc(OC(F)(F)F)cc2)c(=O)n1Cc1ccnc(-c2cccc(Cl)c2)c1. The fourth-order valence-electron chi connectivity index (χ4n) is 3.41. The van der Waals surface area contributed by atoms with Crippen LogP contribution in [0.4, 0.5) is 13.2 Å². The van der Waals surface area contributed by atoms with E-state index in [9.17, 15) is 23.1 Å². The highest BCUT2D eigenvalue weighted by atomic mass is 35.5. The van der Waals surface area contributed by atoms with Crippen LogP contribution in [0.15, 0.2) is 71.7 Å². The zero-order valence-electron chi connectivity index (χ0n) is 17.2. The van der Waals surface area contributed by atoms with E-state index in [-0.39, 0.29) is 18.1 Å². The first-order valence-corrected chi connectivity index (χ1v) is 10.1. The van der Waals surface area contributed by atoms with Gasteiger partial charge in [-0.25, -0.2) is 9.36 Å². The molecule has 0 radical (unpaired) electrons. The number of hydrogen-bond acceptors (Lipinski definition) is 4. The van der Waals surface area contributed by atoms with Crippen molar-refractivity contribution in [1.29, 1.82) is 0 Å². The summed E-state index contributed by atoms with van der Waals surface area (Å²) in [5.74, 6) is -0.742. The molecule has 10 heteroatoms. The van der Waals surface area contributed by atoms with E-state index in [1.807, 2.05) is 18.2 Å². The molecule has 1 N–H and O–H groups in total. The highest BCUT2D eigenvalue weighted by Crippen LogP contribution is 2.26. The first-order valence-electron chi connectivity index (χ1n) is 9.70. The minimum Gasteiger partial charge on any atom is -0.493 e. The van der Waals surface area contributed by atoms with Gasteiger partial charge in [0.05, 0.1) is 23.6 Å². The molecule has 0 aliphatic rings. The Balaban J connectivity index is 1.66. The number of imidazole rings is 1. The fourth-order valence-corrected chi connectivity index (χ4v) is 3.60. The number of alkyl halides is 3. The number of halogens is 4. The Morgan fingerprint density at radius 1 is 1.09 bits per heavy atom. The quantitative estimate of drug-likeness (QED) is 0.424. The summed E-state index contributed by atoms with van der Waals surface area (Å²) in [7, 11) is 0. The van der Waals surface area contributed by atoms with Crippen molar-refractivity contribution in [1.82, 2.24) is 14.1 Å². The Bertz CT molecular complexity index is 1360. The predicted octanol–water partition coefficient (Wildman–Crippen LogP) is 5.32. The molecule has 2 aromatic carbocycles. The van der Waals surface area contributed by atoms with Crippen molar-refractivity contribution in [3.63, 3.8) is 0 Å². The first-order chi connectivity index (χ1) is 15.6. The molecule has 2 heterocycles. The fraction of sp³-hybridized carbons (Fsp3) is 0.130. The second-order valence-electron chi connectivity index (χ2n) is 7.21. The van der Waals surface area contributed by atoms with Crippen LogP contribution in [0.3, 0.4) is 0 Å². The Kier molecular flexibility index (Phi) is 5.90. The van der Waals surface area contributed by atoms with E-state index < -0.39 is 17.8 Å². The Labute approximate surface area is 191 Å². The van der Waals surface area contributed by atoms with E-state index in [0.717, 1.165) is 27.8 Å². The van der Waals surface area contributed by atoms with Gasteiger partial charge in [0.2, 0.25) is 5.88 Å². The lowest BCUT2D eigenvalue weighted by molar-refractivity contribution is -0.274. The van der Waals surface area contributed by atoms with Gasteiger partial charge >= 0.3 is 12.1 Å². The molecule has 0 fully saturated rings. The van der Waals surface area contributed by atoms with Crippen molar-refractivity contribution in [2.75, 3.05) is 0 Å². The normalized spacial score (nSPS) is 11.5. The average molecular weight is 476 g/mol. The minimum absolute atomic E-state index is 0.149. The van der Waals surface area contributed by atoms with Gasteiger partial charge in [0.25, 0.3) is 0 Å². The lowest BCUT2D eigenvalue weighted by atomic mass is 10.1. The molecule has 0 amide bonds. The van der Waals surface area contributed by atoms with Gasteiger partial charge < -0.3 is 9.84 Å². The van der Waals surface area contributed by atoms with Gasteiger partial charge in [-0.3, -0.25) is 9.55 Å². The van der Waals surface area contributed by atoms with Crippen molar-refractivity contribution in [2.24, 2.45) is 0 Å². The number of ether oxygens (including phenoxy) is 1. The van der Waals surface area contributed by atoms with Crippen molar-refractivity contribution >= 4 is 11.6 Å². The molecule has 0 saturated heterocycles. The van der Waals surface area contributed by atoms with Crippen LogP contribution < -0.4 is 10.4 Å². The smallest absolute Gasteiger partial charge is 0.493 e. The van der Waals surface area contributed by atoms with E-state index in [4.69, 9.17) is 11.6 Å². The van der Waals surface area contributed by atoms with Gasteiger partial charge in [-0.15, -0.1) is 13.2 Å². The molecule has 2 aromatic heterocycles. The number of rotatable bonds is 5. The molecule has 0 aliphatic carbocycles. The van der Waals surface area contributed by atoms with Gasteiger partial charge in [-0.05, 0) is 61.0 Å². The van der Waals surface area contributed by atoms with E-state index in [1.165, 1.54) is 16.7 Å². The molecule has 4 rings (SSSR count). The maximum atomic E-state index is 13.1. The average Bonchev–Trinajstić information content (AvgIpc) is 2.97. The lowest BCUT2D eigenvalue weighted by Gasteiger charge is -2.09. The zero-order chi connectivity index (χ0) is 23.8. The van der Waals surface area contributed by atoms with Crippen LogP contribution in [-0.2, 0) is 6.54 Å². The Morgan fingerprint density at radius 2 is 1.82 bits per heavy atom. The monoisotopic (exact) mass is 475 g/mol. The second-order valence-corrected chi connectivity index (χ2v) is 7.65. The second kappa shape index (κ2) is 8.67. The topological polar surface area (TPSA) is 69.3 Å². The lowest BCUT2D eigenvalue weighted by Crippen LogP contribution is -2.24. The third-order valence-corrected chi connectivity index (χ3v) is 5.21. The van der Waals surface area contributed by atoms with Crippen LogP contribution >= 0.6 is 11.6 Å². The van der Waals surface area contributed by atoms with Gasteiger partial charge in [-0.1, -0.05) is 23.7 Å². The summed E-state index contributed by atoms with van der Waals surface area (Å²) in [6.45, 7) is 1.73. The third kappa shape index (κ3) is 4.88. The van der Waals surface area contributed by atoms with E-state index in [1.54, 1.807) is 31.3 Å². The number of pyridine rings is 1. The van der Waals surface area contributed by atoms with E-state index >= 15 is 0 Å². The van der Waals surface area contributed by atoms with Crippen molar-refractivity contribution in [3.05, 3.63) is 93.6 Å². The molecule has 0 unspecified atom stereocenters. The van der Waals surface area contributed by atoms with E-state index in [0.29, 0.717) is 16.4 Å². The third-order valence-electron chi connectivity index (χ3n) is 4.98. The largest absolute Gasteiger partial charge is 0.573 e. The van der Waals surface area contributed by atoms with Crippen LogP contribution in [0.5, 0.6) is 11.6 Å². The summed E-state index contributed by atoms with van der Waals surface area (Å²) in [6.07, 6.45) is -3.21. The van der Waals surface area contributed by atoms with Crippen LogP contribution in [0, 0.1) is 6.92 Å². The number of aromatic nitrogens is 3. The molecule has 0 aliphatic heterocycles. The Morgan fingerprint density at radius 3 is 2.48 bits per heavy atom. The highest BCUT2D eigenvalue weighted by molar-refractivity contribution is 6.30. The predicted molar refractivity (Wildman–Crippen MR) is 117 cm³/mol. The summed E-state index contributed by atoms with van der Waals surface area (Å²) < 4.78 is 43.4. The van der Waals surface area contributed by atoms with Crippen molar-refractivity contribution in [3.8, 4) is 28.6 Å². The minimum atomic E-state index is -4.82. The Hall–Kier alpha value is -3.72. The van der Waals surface area contributed by atoms with Gasteiger partial charge in [-0.2, -0.15) is 0 Å². The van der Waals surface area contributed by atoms with Crippen LogP contribution in [0.1, 0.15) is 11.3 Å². The van der Waals surface area contributed by atoms with Crippen LogP contribution in [0.25, 0.3) is 16.9 Å². The van der Waals surface area contributed by atoms with Crippen LogP contribution in [0.2, 0.25) is 5.02 Å². The number of aromatic hydroxyl groups is 1. The van der Waals surface area contributed by atoms with E-state index in [2.05, 4.69) is 9.72 Å². The van der Waals surface area contributed by atoms with Crippen LogP contribution in [-0.4, -0.2) is 25.6 Å². The van der Waals surface area contributed by atoms with Crippen molar-refractivity contribution < 1.29 is 23.0 Å². The number of benzene rings is 2.